The third-order valence-corrected chi connectivity index (χ3v) is 4.74. The first-order chi connectivity index (χ1) is 12.8. The molecule has 0 bridgehead atoms. The van der Waals surface area contributed by atoms with Gasteiger partial charge in [-0.3, -0.25) is 9.59 Å². The normalized spacial score (nSPS) is 11.7. The van der Waals surface area contributed by atoms with Crippen molar-refractivity contribution < 1.29 is 28.6 Å². The fourth-order valence-corrected chi connectivity index (χ4v) is 3.36. The number of ketones is 1. The van der Waals surface area contributed by atoms with Gasteiger partial charge in [0.05, 0.1) is 6.54 Å². The van der Waals surface area contributed by atoms with E-state index in [0.29, 0.717) is 5.56 Å². The van der Waals surface area contributed by atoms with Gasteiger partial charge in [0.15, 0.2) is 5.78 Å². The molecule has 0 radical (unpaired) electrons. The monoisotopic (exact) mass is 393 g/mol. The van der Waals surface area contributed by atoms with Crippen molar-refractivity contribution in [2.75, 3.05) is 6.54 Å². The van der Waals surface area contributed by atoms with Gasteiger partial charge in [-0.1, -0.05) is 0 Å². The predicted molar refractivity (Wildman–Crippen MR) is 98.8 cm³/mol. The summed E-state index contributed by atoms with van der Waals surface area (Å²) in [4.78, 5) is 37.3. The van der Waals surface area contributed by atoms with Crippen LogP contribution in [0.25, 0.3) is 0 Å². The van der Waals surface area contributed by atoms with E-state index in [1.54, 1.807) is 6.07 Å². The van der Waals surface area contributed by atoms with Crippen LogP contribution in [0.1, 0.15) is 33.0 Å². The van der Waals surface area contributed by atoms with Crippen molar-refractivity contribution in [2.24, 2.45) is 0 Å². The van der Waals surface area contributed by atoms with Crippen molar-refractivity contribution in [1.82, 2.24) is 5.32 Å². The van der Waals surface area contributed by atoms with E-state index in [1.807, 2.05) is 13.8 Å². The first-order valence-electron chi connectivity index (χ1n) is 8.28. The fraction of sp³-hybridized carbons (Fsp3) is 0.316. The molecule has 1 heterocycles. The molecule has 0 spiro atoms. The maximum absolute atomic E-state index is 12.9. The van der Waals surface area contributed by atoms with Crippen LogP contribution in [0.15, 0.2) is 30.3 Å². The Bertz CT molecular complexity index is 831. The molecule has 1 aromatic carbocycles. The molecule has 1 unspecified atom stereocenters. The molecule has 1 atom stereocenters. The zero-order valence-electron chi connectivity index (χ0n) is 15.0. The summed E-state index contributed by atoms with van der Waals surface area (Å²) in [5, 5.41) is 11.7. The molecule has 2 rings (SSSR count). The summed E-state index contributed by atoms with van der Waals surface area (Å²) in [5.74, 6) is -2.12. The molecule has 27 heavy (non-hydrogen) atoms. The lowest BCUT2D eigenvalue weighted by molar-refractivity contribution is -0.145. The van der Waals surface area contributed by atoms with Gasteiger partial charge in [-0.15, -0.1) is 11.3 Å². The number of halogens is 1. The minimum Gasteiger partial charge on any atom is -0.478 e. The molecule has 2 N–H and O–H groups in total. The highest BCUT2D eigenvalue weighted by Crippen LogP contribution is 2.22. The Kier molecular flexibility index (Phi) is 7.06. The SMILES string of the molecule is Cc1cc(C(=O)CCC(=O)NCC(Oc2ccc(F)cc2)C(=O)O)c(C)s1. The van der Waals surface area contributed by atoms with E-state index in [4.69, 9.17) is 4.74 Å². The number of rotatable bonds is 9. The van der Waals surface area contributed by atoms with Crippen molar-refractivity contribution in [2.45, 2.75) is 32.8 Å². The molecule has 0 saturated heterocycles. The van der Waals surface area contributed by atoms with Gasteiger partial charge < -0.3 is 15.2 Å². The minimum absolute atomic E-state index is 0.0411. The predicted octanol–water partition coefficient (Wildman–Crippen LogP) is 3.12. The van der Waals surface area contributed by atoms with Gasteiger partial charge >= 0.3 is 5.97 Å². The van der Waals surface area contributed by atoms with E-state index in [-0.39, 0.29) is 30.9 Å². The lowest BCUT2D eigenvalue weighted by Crippen LogP contribution is -2.40. The number of hydrogen-bond acceptors (Lipinski definition) is 5. The maximum Gasteiger partial charge on any atom is 0.346 e. The number of ether oxygens (including phenoxy) is 1. The number of benzene rings is 1. The van der Waals surface area contributed by atoms with Crippen LogP contribution in [-0.2, 0) is 9.59 Å². The van der Waals surface area contributed by atoms with Gasteiger partial charge in [0.1, 0.15) is 11.6 Å². The van der Waals surface area contributed by atoms with E-state index in [9.17, 15) is 23.9 Å². The second-order valence-corrected chi connectivity index (χ2v) is 7.41. The van der Waals surface area contributed by atoms with Gasteiger partial charge in [0.25, 0.3) is 0 Å². The second-order valence-electron chi connectivity index (χ2n) is 5.95. The largest absolute Gasteiger partial charge is 0.478 e. The first kappa shape index (κ1) is 20.6. The summed E-state index contributed by atoms with van der Waals surface area (Å²) in [6, 6.07) is 6.70. The van der Waals surface area contributed by atoms with Gasteiger partial charge in [-0.25, -0.2) is 9.18 Å². The zero-order chi connectivity index (χ0) is 20.0. The maximum atomic E-state index is 12.9. The van der Waals surface area contributed by atoms with Gasteiger partial charge in [-0.2, -0.15) is 0 Å². The highest BCUT2D eigenvalue weighted by atomic mass is 32.1. The highest BCUT2D eigenvalue weighted by Gasteiger charge is 2.21. The molecule has 1 aromatic heterocycles. The van der Waals surface area contributed by atoms with Crippen LogP contribution in [0, 0.1) is 19.7 Å². The van der Waals surface area contributed by atoms with Crippen LogP contribution in [0.2, 0.25) is 0 Å². The number of aryl methyl sites for hydroxylation is 2. The number of nitrogens with one attached hydrogen (secondary N) is 1. The molecular weight excluding hydrogens is 373 g/mol. The number of carbonyl (C=O) groups is 3. The molecule has 2 aromatic rings. The molecule has 8 heteroatoms. The van der Waals surface area contributed by atoms with Crippen LogP contribution >= 0.6 is 11.3 Å². The number of Topliss-reactive ketones (excluding diaryl/α,β-unsaturated/α-hetero) is 1. The van der Waals surface area contributed by atoms with Crippen molar-refractivity contribution in [3.05, 3.63) is 51.5 Å². The van der Waals surface area contributed by atoms with Crippen LogP contribution < -0.4 is 10.1 Å². The zero-order valence-corrected chi connectivity index (χ0v) is 15.8. The quantitative estimate of drug-likeness (QED) is 0.639. The standard InChI is InChI=1S/C19H20FNO5S/c1-11-9-15(12(2)27-11)16(22)7-8-18(23)21-10-17(19(24)25)26-14-5-3-13(20)4-6-14/h3-6,9,17H,7-8,10H2,1-2H3,(H,21,23)(H,24,25). The lowest BCUT2D eigenvalue weighted by atomic mass is 10.1. The van der Waals surface area contributed by atoms with Crippen LogP contribution in [0.5, 0.6) is 5.75 Å². The number of aliphatic carboxylic acids is 1. The molecule has 0 fully saturated rings. The molecule has 0 aliphatic heterocycles. The molecule has 0 aliphatic rings. The van der Waals surface area contributed by atoms with Crippen LogP contribution in [-0.4, -0.2) is 35.4 Å². The van der Waals surface area contributed by atoms with Gasteiger partial charge in [-0.05, 0) is 44.2 Å². The fourth-order valence-electron chi connectivity index (χ4n) is 2.42. The topological polar surface area (TPSA) is 92.7 Å². The Hall–Kier alpha value is -2.74. The Morgan fingerprint density at radius 3 is 2.41 bits per heavy atom. The Labute approximate surface area is 160 Å². The lowest BCUT2D eigenvalue weighted by Gasteiger charge is -2.15. The molecule has 0 saturated carbocycles. The van der Waals surface area contributed by atoms with Crippen molar-refractivity contribution in [3.8, 4) is 5.75 Å². The summed E-state index contributed by atoms with van der Waals surface area (Å²) in [7, 11) is 0. The smallest absolute Gasteiger partial charge is 0.346 e. The molecular formula is C19H20FNO5S. The second kappa shape index (κ2) is 9.27. The van der Waals surface area contributed by atoms with Crippen molar-refractivity contribution in [1.29, 1.82) is 0 Å². The summed E-state index contributed by atoms with van der Waals surface area (Å²) in [6.45, 7) is 3.50. The van der Waals surface area contributed by atoms with Crippen LogP contribution in [0.4, 0.5) is 4.39 Å². The first-order valence-corrected chi connectivity index (χ1v) is 9.10. The summed E-state index contributed by atoms with van der Waals surface area (Å²) < 4.78 is 18.1. The van der Waals surface area contributed by atoms with Crippen LogP contribution in [0.3, 0.4) is 0 Å². The third-order valence-electron chi connectivity index (χ3n) is 3.77. The third kappa shape index (κ3) is 6.18. The Morgan fingerprint density at radius 2 is 1.85 bits per heavy atom. The summed E-state index contributed by atoms with van der Waals surface area (Å²) >= 11 is 1.52. The van der Waals surface area contributed by atoms with E-state index in [1.165, 1.54) is 23.5 Å². The number of hydrogen-bond donors (Lipinski definition) is 2. The van der Waals surface area contributed by atoms with E-state index >= 15 is 0 Å². The average molecular weight is 393 g/mol. The molecule has 144 valence electrons. The van der Waals surface area contributed by atoms with Gasteiger partial charge in [0.2, 0.25) is 12.0 Å². The molecule has 6 nitrogen and oxygen atoms in total. The van der Waals surface area contributed by atoms with Gasteiger partial charge in [0, 0.05) is 28.2 Å². The van der Waals surface area contributed by atoms with Crippen molar-refractivity contribution >= 4 is 29.0 Å². The Morgan fingerprint density at radius 1 is 1.19 bits per heavy atom. The van der Waals surface area contributed by atoms with E-state index < -0.39 is 23.8 Å². The van der Waals surface area contributed by atoms with Crippen molar-refractivity contribution in [3.63, 3.8) is 0 Å². The summed E-state index contributed by atoms with van der Waals surface area (Å²) in [5.41, 5.74) is 0.619. The Balaban J connectivity index is 1.83. The highest BCUT2D eigenvalue weighted by molar-refractivity contribution is 7.12. The number of carboxylic acid groups (broad SMARTS) is 1. The van der Waals surface area contributed by atoms with E-state index in [0.717, 1.165) is 21.9 Å². The number of amides is 1. The number of carbonyl (C=O) groups excluding carboxylic acids is 2. The number of thiophene rings is 1. The van der Waals surface area contributed by atoms with E-state index in [2.05, 4.69) is 5.32 Å². The minimum atomic E-state index is -1.32. The summed E-state index contributed by atoms with van der Waals surface area (Å²) in [6.07, 6.45) is -1.33. The molecule has 0 aliphatic carbocycles. The number of carboxylic acids is 1. The average Bonchev–Trinajstić information content (AvgIpc) is 2.96. The molecule has 1 amide bonds.